The lowest BCUT2D eigenvalue weighted by atomic mass is 10.2. The molecule has 0 rings (SSSR count). The first-order chi connectivity index (χ1) is 16.6. The summed E-state index contributed by atoms with van der Waals surface area (Å²) in [5, 5.41) is 11.7. The molecule has 216 valence electrons. The number of rotatable bonds is 19. The van der Waals surface area contributed by atoms with Crippen LogP contribution in [0.25, 0.3) is 0 Å². The highest BCUT2D eigenvalue weighted by molar-refractivity contribution is 6.60. The molecule has 0 spiro atoms. The second-order valence-electron chi connectivity index (χ2n) is 7.68. The Bertz CT molecular complexity index is 620. The molecule has 0 aromatic heterocycles. The van der Waals surface area contributed by atoms with Gasteiger partial charge >= 0.3 is 27.2 Å². The van der Waals surface area contributed by atoms with Crippen LogP contribution in [0.15, 0.2) is 0 Å². The first-order valence-corrected chi connectivity index (χ1v) is 13.0. The van der Waals surface area contributed by atoms with E-state index in [9.17, 15) is 40.6 Å². The summed E-state index contributed by atoms with van der Waals surface area (Å²) in [6, 6.07) is 0.473. The highest BCUT2D eigenvalue weighted by Crippen LogP contribution is 2.39. The van der Waals surface area contributed by atoms with E-state index in [1.807, 2.05) is 6.92 Å². The second kappa shape index (κ2) is 16.0. The van der Waals surface area contributed by atoms with Crippen molar-refractivity contribution in [2.24, 2.45) is 0 Å². The highest BCUT2D eigenvalue weighted by Gasteiger charge is 2.68. The van der Waals surface area contributed by atoms with Crippen LogP contribution in [-0.2, 0) is 27.5 Å². The SMILES string of the molecule is CCCCN(CCNC(=O)C(F)(OC(F)(F)F)C(F)(F)F)CC(O)COCCC[Si](OC)(OC)OC. The lowest BCUT2D eigenvalue weighted by Crippen LogP contribution is -2.58. The van der Waals surface area contributed by atoms with Crippen molar-refractivity contribution in [3.8, 4) is 0 Å². The molecule has 0 aliphatic heterocycles. The Balaban J connectivity index is 4.75. The molecule has 0 radical (unpaired) electrons. The number of halogens is 7. The fraction of sp³-hybridized carbons (Fsp3) is 0.947. The standard InChI is InChI=1S/C19H35F7N2O7Si/c1-5-6-9-28(13-15(29)14-34-11-7-12-36(31-2,32-3)33-4)10-8-27-16(30)17(20,18(21,22)23)35-19(24,25)26/h15,29H,5-14H2,1-4H3,(H,27,30). The number of carbonyl (C=O) groups is 1. The maximum atomic E-state index is 13.9. The van der Waals surface area contributed by atoms with Gasteiger partial charge in [-0.05, 0) is 19.4 Å². The largest absolute Gasteiger partial charge is 0.525 e. The van der Waals surface area contributed by atoms with E-state index >= 15 is 0 Å². The summed E-state index contributed by atoms with van der Waals surface area (Å²) in [4.78, 5) is 13.2. The molecule has 0 saturated heterocycles. The minimum absolute atomic E-state index is 0.0120. The molecule has 2 unspecified atom stereocenters. The zero-order valence-electron chi connectivity index (χ0n) is 20.6. The van der Waals surface area contributed by atoms with Crippen molar-refractivity contribution in [1.29, 1.82) is 0 Å². The molecule has 2 N–H and O–H groups in total. The van der Waals surface area contributed by atoms with Crippen LogP contribution >= 0.6 is 0 Å². The molecule has 2 atom stereocenters. The van der Waals surface area contributed by atoms with Gasteiger partial charge in [-0.2, -0.15) is 17.6 Å². The molecular formula is C19H35F7N2O7Si. The molecule has 0 saturated carbocycles. The van der Waals surface area contributed by atoms with Gasteiger partial charge in [0.1, 0.15) is 0 Å². The maximum Gasteiger partial charge on any atom is 0.525 e. The van der Waals surface area contributed by atoms with Crippen LogP contribution in [0.3, 0.4) is 0 Å². The van der Waals surface area contributed by atoms with E-state index in [0.29, 0.717) is 25.4 Å². The summed E-state index contributed by atoms with van der Waals surface area (Å²) in [5.74, 6) is -8.23. The van der Waals surface area contributed by atoms with E-state index in [2.05, 4.69) is 4.74 Å². The van der Waals surface area contributed by atoms with E-state index in [1.54, 1.807) is 4.90 Å². The monoisotopic (exact) mass is 564 g/mol. The predicted molar refractivity (Wildman–Crippen MR) is 114 cm³/mol. The fourth-order valence-corrected chi connectivity index (χ4v) is 4.72. The average Bonchev–Trinajstić information content (AvgIpc) is 2.78. The Morgan fingerprint density at radius 2 is 1.58 bits per heavy atom. The Kier molecular flexibility index (Phi) is 15.5. The van der Waals surface area contributed by atoms with Crippen molar-refractivity contribution in [2.75, 3.05) is 60.7 Å². The zero-order valence-corrected chi connectivity index (χ0v) is 21.6. The van der Waals surface area contributed by atoms with Crippen LogP contribution in [0.1, 0.15) is 26.2 Å². The number of aliphatic hydroxyl groups is 1. The van der Waals surface area contributed by atoms with Gasteiger partial charge < -0.3 is 28.4 Å². The Morgan fingerprint density at radius 3 is 2.06 bits per heavy atom. The van der Waals surface area contributed by atoms with Crippen molar-refractivity contribution < 1.29 is 63.4 Å². The molecule has 0 fully saturated rings. The van der Waals surface area contributed by atoms with Crippen LogP contribution in [0.4, 0.5) is 30.7 Å². The highest BCUT2D eigenvalue weighted by atomic mass is 28.4. The summed E-state index contributed by atoms with van der Waals surface area (Å²) < 4.78 is 113. The van der Waals surface area contributed by atoms with Gasteiger partial charge in [-0.25, -0.2) is 4.74 Å². The zero-order chi connectivity index (χ0) is 28.0. The van der Waals surface area contributed by atoms with Crippen molar-refractivity contribution >= 4 is 14.7 Å². The van der Waals surface area contributed by atoms with E-state index in [4.69, 9.17) is 18.0 Å². The van der Waals surface area contributed by atoms with Crippen molar-refractivity contribution in [2.45, 2.75) is 56.7 Å². The van der Waals surface area contributed by atoms with Crippen LogP contribution in [-0.4, -0.2) is 110 Å². The number of nitrogens with one attached hydrogen (secondary N) is 1. The van der Waals surface area contributed by atoms with Gasteiger partial charge in [0.2, 0.25) is 0 Å². The fourth-order valence-electron chi connectivity index (χ4n) is 3.03. The summed E-state index contributed by atoms with van der Waals surface area (Å²) >= 11 is 0. The minimum Gasteiger partial charge on any atom is -0.389 e. The summed E-state index contributed by atoms with van der Waals surface area (Å²) in [5.41, 5.74) is 0. The quantitative estimate of drug-likeness (QED) is 0.140. The molecule has 36 heavy (non-hydrogen) atoms. The average molecular weight is 565 g/mol. The third-order valence-corrected chi connectivity index (χ3v) is 7.77. The molecule has 0 aliphatic carbocycles. The van der Waals surface area contributed by atoms with Crippen LogP contribution in [0.2, 0.25) is 6.04 Å². The van der Waals surface area contributed by atoms with E-state index in [1.165, 1.54) is 26.6 Å². The van der Waals surface area contributed by atoms with Crippen molar-refractivity contribution in [1.82, 2.24) is 10.2 Å². The number of amides is 1. The number of hydrogen-bond donors (Lipinski definition) is 2. The maximum absolute atomic E-state index is 13.9. The Morgan fingerprint density at radius 1 is 1.00 bits per heavy atom. The van der Waals surface area contributed by atoms with Crippen LogP contribution < -0.4 is 5.32 Å². The number of unbranched alkanes of at least 4 members (excludes halogenated alkanes) is 1. The normalized spacial score (nSPS) is 15.7. The first-order valence-electron chi connectivity index (χ1n) is 11.0. The van der Waals surface area contributed by atoms with Gasteiger partial charge in [0.25, 0.3) is 5.91 Å². The number of hydrogen-bond acceptors (Lipinski definition) is 8. The number of nitrogens with zero attached hydrogens (tertiary/aromatic N) is 1. The van der Waals surface area contributed by atoms with Gasteiger partial charge in [-0.1, -0.05) is 13.3 Å². The predicted octanol–water partition coefficient (Wildman–Crippen LogP) is 2.61. The van der Waals surface area contributed by atoms with Gasteiger partial charge in [-0.15, -0.1) is 13.2 Å². The first kappa shape index (κ1) is 34.9. The summed E-state index contributed by atoms with van der Waals surface area (Å²) in [6.07, 6.45) is -11.5. The topological polar surface area (TPSA) is 98.7 Å². The molecule has 0 aromatic carbocycles. The van der Waals surface area contributed by atoms with Crippen molar-refractivity contribution in [3.63, 3.8) is 0 Å². The van der Waals surface area contributed by atoms with Gasteiger partial charge in [0, 0.05) is 53.6 Å². The molecule has 0 aliphatic rings. The lowest BCUT2D eigenvalue weighted by Gasteiger charge is -2.28. The molecule has 0 aromatic rings. The van der Waals surface area contributed by atoms with Crippen molar-refractivity contribution in [3.05, 3.63) is 0 Å². The molecule has 9 nitrogen and oxygen atoms in total. The van der Waals surface area contributed by atoms with E-state index < -0.39 is 45.8 Å². The van der Waals surface area contributed by atoms with Crippen LogP contribution in [0, 0.1) is 0 Å². The third-order valence-electron chi connectivity index (χ3n) is 4.94. The molecule has 17 heteroatoms. The third kappa shape index (κ3) is 12.4. The summed E-state index contributed by atoms with van der Waals surface area (Å²) in [6.45, 7) is 1.56. The summed E-state index contributed by atoms with van der Waals surface area (Å²) in [7, 11) is 1.66. The Labute approximate surface area is 206 Å². The number of aliphatic hydroxyl groups excluding tert-OH is 1. The lowest BCUT2D eigenvalue weighted by molar-refractivity contribution is -0.432. The van der Waals surface area contributed by atoms with Gasteiger partial charge in [-0.3, -0.25) is 9.69 Å². The molecule has 0 heterocycles. The second-order valence-corrected chi connectivity index (χ2v) is 10.8. The smallest absolute Gasteiger partial charge is 0.389 e. The minimum atomic E-state index is -6.26. The van der Waals surface area contributed by atoms with E-state index in [0.717, 1.165) is 6.42 Å². The van der Waals surface area contributed by atoms with E-state index in [-0.39, 0.29) is 26.3 Å². The van der Waals surface area contributed by atoms with Gasteiger partial charge in [0.15, 0.2) is 0 Å². The number of alkyl halides is 7. The molecule has 0 bridgehead atoms. The molecule has 1 amide bonds. The Hall–Kier alpha value is -1.08. The van der Waals surface area contributed by atoms with Crippen LogP contribution in [0.5, 0.6) is 0 Å². The molecular weight excluding hydrogens is 529 g/mol. The number of ether oxygens (including phenoxy) is 2. The number of carbonyl (C=O) groups excluding carboxylic acids is 1. The van der Waals surface area contributed by atoms with Gasteiger partial charge in [0.05, 0.1) is 12.7 Å².